The molecule has 1 saturated heterocycles. The molecule has 28 heavy (non-hydrogen) atoms. The van der Waals surface area contributed by atoms with Crippen molar-refractivity contribution in [2.75, 3.05) is 13.1 Å². The molecule has 2 N–H and O–H groups in total. The molecule has 2 heterocycles. The molecule has 1 aliphatic heterocycles. The number of benzene rings is 2. The number of piperidine rings is 1. The Labute approximate surface area is 165 Å². The Morgan fingerprint density at radius 1 is 1.00 bits per heavy atom. The molecule has 0 bridgehead atoms. The van der Waals surface area contributed by atoms with Crippen LogP contribution in [0.25, 0.3) is 11.1 Å². The van der Waals surface area contributed by atoms with Crippen LogP contribution in [0.3, 0.4) is 0 Å². The van der Waals surface area contributed by atoms with E-state index in [2.05, 4.69) is 70.5 Å². The third-order valence-corrected chi connectivity index (χ3v) is 5.36. The zero-order chi connectivity index (χ0) is 19.3. The van der Waals surface area contributed by atoms with Crippen molar-refractivity contribution in [3.05, 3.63) is 71.9 Å². The highest BCUT2D eigenvalue weighted by Gasteiger charge is 2.16. The van der Waals surface area contributed by atoms with E-state index in [-0.39, 0.29) is 5.92 Å². The van der Waals surface area contributed by atoms with Gasteiger partial charge in [0.15, 0.2) is 5.96 Å². The molecule has 1 aromatic heterocycles. The molecule has 1 fully saturated rings. The van der Waals surface area contributed by atoms with E-state index in [1.807, 2.05) is 12.1 Å². The van der Waals surface area contributed by atoms with Crippen LogP contribution in [-0.2, 0) is 0 Å². The molecule has 0 radical (unpaired) electrons. The summed E-state index contributed by atoms with van der Waals surface area (Å²) in [5.41, 5.74) is 10.6. The summed E-state index contributed by atoms with van der Waals surface area (Å²) < 4.78 is 5.44. The third kappa shape index (κ3) is 4.09. The maximum Gasteiger partial charge on any atom is 0.253 e. The third-order valence-electron chi connectivity index (χ3n) is 5.36. The SMILES string of the molecule is CC(c1cccc(-c2ccccc2)c1)c1cc(N=C(N)N2CCCCC2)on1. The van der Waals surface area contributed by atoms with Gasteiger partial charge in [0.1, 0.15) is 0 Å². The maximum atomic E-state index is 6.15. The van der Waals surface area contributed by atoms with Crippen LogP contribution in [0.4, 0.5) is 5.88 Å². The molecule has 4 rings (SSSR count). The van der Waals surface area contributed by atoms with Crippen molar-refractivity contribution < 1.29 is 4.52 Å². The second-order valence-electron chi connectivity index (χ2n) is 7.32. The fourth-order valence-corrected chi connectivity index (χ4v) is 3.63. The Hall–Kier alpha value is -3.08. The Balaban J connectivity index is 1.52. The summed E-state index contributed by atoms with van der Waals surface area (Å²) in [6.07, 6.45) is 3.58. The van der Waals surface area contributed by atoms with Crippen LogP contribution in [-0.4, -0.2) is 29.1 Å². The first-order valence-corrected chi connectivity index (χ1v) is 9.92. The van der Waals surface area contributed by atoms with E-state index in [1.165, 1.54) is 23.1 Å². The monoisotopic (exact) mass is 374 g/mol. The summed E-state index contributed by atoms with van der Waals surface area (Å²) in [6.45, 7) is 4.04. The average Bonchev–Trinajstić information content (AvgIpc) is 3.23. The van der Waals surface area contributed by atoms with E-state index in [4.69, 9.17) is 10.3 Å². The first kappa shape index (κ1) is 18.3. The van der Waals surface area contributed by atoms with Gasteiger partial charge in [0.05, 0.1) is 5.69 Å². The number of hydrogen-bond donors (Lipinski definition) is 1. The molecule has 0 amide bonds. The van der Waals surface area contributed by atoms with E-state index in [0.29, 0.717) is 11.8 Å². The summed E-state index contributed by atoms with van der Waals surface area (Å²) in [7, 11) is 0. The fraction of sp³-hybridized carbons (Fsp3) is 0.304. The van der Waals surface area contributed by atoms with Crippen LogP contribution in [0.15, 0.2) is 70.2 Å². The minimum atomic E-state index is 0.104. The molecule has 5 heteroatoms. The van der Waals surface area contributed by atoms with Crippen molar-refractivity contribution in [1.82, 2.24) is 10.1 Å². The molecule has 0 saturated carbocycles. The van der Waals surface area contributed by atoms with Crippen LogP contribution < -0.4 is 5.73 Å². The summed E-state index contributed by atoms with van der Waals surface area (Å²) in [5.74, 6) is 1.08. The molecule has 0 aliphatic carbocycles. The summed E-state index contributed by atoms with van der Waals surface area (Å²) in [6, 6.07) is 20.8. The molecule has 1 aliphatic rings. The van der Waals surface area contributed by atoms with Crippen molar-refractivity contribution in [1.29, 1.82) is 0 Å². The molecule has 144 valence electrons. The smallest absolute Gasteiger partial charge is 0.253 e. The fourth-order valence-electron chi connectivity index (χ4n) is 3.63. The summed E-state index contributed by atoms with van der Waals surface area (Å²) >= 11 is 0. The van der Waals surface area contributed by atoms with Gasteiger partial charge in [0.2, 0.25) is 0 Å². The predicted octanol–water partition coefficient (Wildman–Crippen LogP) is 4.93. The van der Waals surface area contributed by atoms with E-state index < -0.39 is 0 Å². The van der Waals surface area contributed by atoms with Crippen LogP contribution in [0.1, 0.15) is 43.4 Å². The molecular weight excluding hydrogens is 348 g/mol. The molecule has 5 nitrogen and oxygen atoms in total. The maximum absolute atomic E-state index is 6.15. The van der Waals surface area contributed by atoms with Gasteiger partial charge in [-0.2, -0.15) is 4.99 Å². The first-order chi connectivity index (χ1) is 13.7. The lowest BCUT2D eigenvalue weighted by Crippen LogP contribution is -2.40. The highest BCUT2D eigenvalue weighted by atomic mass is 16.5. The standard InChI is InChI=1S/C23H26N4O/c1-17(19-11-8-12-20(15-19)18-9-4-2-5-10-18)21-16-22(28-26-21)25-23(24)27-13-6-3-7-14-27/h2,4-5,8-12,15-17H,3,6-7,13-14H2,1H3,(H2,24,25). The molecule has 2 aromatic carbocycles. The van der Waals surface area contributed by atoms with Crippen molar-refractivity contribution >= 4 is 11.8 Å². The molecule has 1 atom stereocenters. The van der Waals surface area contributed by atoms with Crippen LogP contribution in [0.5, 0.6) is 0 Å². The van der Waals surface area contributed by atoms with E-state index in [0.717, 1.165) is 31.6 Å². The summed E-state index contributed by atoms with van der Waals surface area (Å²) in [5, 5.41) is 4.24. The van der Waals surface area contributed by atoms with Gasteiger partial charge < -0.3 is 15.2 Å². The quantitative estimate of drug-likeness (QED) is 0.519. The lowest BCUT2D eigenvalue weighted by Gasteiger charge is -2.27. The Bertz CT molecular complexity index is 942. The topological polar surface area (TPSA) is 67.7 Å². The minimum absolute atomic E-state index is 0.104. The second kappa shape index (κ2) is 8.30. The molecule has 0 spiro atoms. The van der Waals surface area contributed by atoms with Crippen LogP contribution >= 0.6 is 0 Å². The second-order valence-corrected chi connectivity index (χ2v) is 7.32. The average molecular weight is 374 g/mol. The first-order valence-electron chi connectivity index (χ1n) is 9.92. The highest BCUT2D eigenvalue weighted by molar-refractivity contribution is 5.80. The molecule has 1 unspecified atom stereocenters. The minimum Gasteiger partial charge on any atom is -0.369 e. The van der Waals surface area contributed by atoms with Crippen LogP contribution in [0.2, 0.25) is 0 Å². The van der Waals surface area contributed by atoms with Gasteiger partial charge >= 0.3 is 0 Å². The normalized spacial score (nSPS) is 16.2. The van der Waals surface area contributed by atoms with Gasteiger partial charge in [0.25, 0.3) is 5.88 Å². The Kier molecular flexibility index (Phi) is 5.42. The Morgan fingerprint density at radius 3 is 2.54 bits per heavy atom. The number of aliphatic imine (C=N–C) groups is 1. The number of aromatic nitrogens is 1. The number of rotatable bonds is 4. The Morgan fingerprint density at radius 2 is 1.75 bits per heavy atom. The van der Waals surface area contributed by atoms with Crippen molar-refractivity contribution in [3.63, 3.8) is 0 Å². The molecular formula is C23H26N4O. The zero-order valence-electron chi connectivity index (χ0n) is 16.2. The van der Waals surface area contributed by atoms with Crippen molar-refractivity contribution in [2.45, 2.75) is 32.1 Å². The van der Waals surface area contributed by atoms with Gasteiger partial charge in [-0.15, -0.1) is 0 Å². The number of nitrogens with two attached hydrogens (primary N) is 1. The number of nitrogens with zero attached hydrogens (tertiary/aromatic N) is 3. The predicted molar refractivity (Wildman–Crippen MR) is 113 cm³/mol. The van der Waals surface area contributed by atoms with Gasteiger partial charge in [-0.25, -0.2) is 0 Å². The van der Waals surface area contributed by atoms with E-state index in [1.54, 1.807) is 0 Å². The summed E-state index contributed by atoms with van der Waals surface area (Å²) in [4.78, 5) is 6.55. The van der Waals surface area contributed by atoms with Crippen molar-refractivity contribution in [2.24, 2.45) is 10.7 Å². The van der Waals surface area contributed by atoms with E-state index >= 15 is 0 Å². The lowest BCUT2D eigenvalue weighted by molar-refractivity contribution is 0.337. The van der Waals surface area contributed by atoms with E-state index in [9.17, 15) is 0 Å². The van der Waals surface area contributed by atoms with Gasteiger partial charge in [-0.05, 0) is 36.0 Å². The lowest BCUT2D eigenvalue weighted by atomic mass is 9.94. The van der Waals surface area contributed by atoms with Gasteiger partial charge in [0, 0.05) is 25.1 Å². The van der Waals surface area contributed by atoms with Gasteiger partial charge in [-0.3, -0.25) is 0 Å². The number of likely N-dealkylation sites (tertiary alicyclic amines) is 1. The van der Waals surface area contributed by atoms with Crippen LogP contribution in [0, 0.1) is 0 Å². The zero-order valence-corrected chi connectivity index (χ0v) is 16.2. The number of guanidine groups is 1. The largest absolute Gasteiger partial charge is 0.369 e. The van der Waals surface area contributed by atoms with Crippen molar-refractivity contribution in [3.8, 4) is 11.1 Å². The number of hydrogen-bond acceptors (Lipinski definition) is 3. The molecule has 3 aromatic rings. The van der Waals surface area contributed by atoms with Gasteiger partial charge in [-0.1, -0.05) is 66.7 Å². The highest BCUT2D eigenvalue weighted by Crippen LogP contribution is 2.29.